The zero-order chi connectivity index (χ0) is 15.2. The molecule has 3 atom stereocenters. The van der Waals surface area contributed by atoms with E-state index in [1.807, 2.05) is 19.3 Å². The van der Waals surface area contributed by atoms with Crippen molar-refractivity contribution in [1.29, 1.82) is 0 Å². The highest BCUT2D eigenvalue weighted by atomic mass is 16.5. The molecule has 114 valence electrons. The average molecular weight is 289 g/mol. The quantitative estimate of drug-likeness (QED) is 0.917. The van der Waals surface area contributed by atoms with Crippen LogP contribution in [-0.4, -0.2) is 26.0 Å². The van der Waals surface area contributed by atoms with E-state index in [1.165, 1.54) is 0 Å². The molecule has 2 N–H and O–H groups in total. The maximum atomic E-state index is 6.21. The third-order valence-electron chi connectivity index (χ3n) is 5.19. The molecule has 1 aliphatic carbocycles. The van der Waals surface area contributed by atoms with E-state index >= 15 is 0 Å². The van der Waals surface area contributed by atoms with Crippen molar-refractivity contribution in [3.8, 4) is 11.5 Å². The number of rotatable bonds is 2. The van der Waals surface area contributed by atoms with Gasteiger partial charge in [0.05, 0.1) is 0 Å². The zero-order valence-corrected chi connectivity index (χ0v) is 13.1. The van der Waals surface area contributed by atoms with Crippen LogP contribution in [0.4, 0.5) is 0 Å². The molecular weight excluding hydrogens is 266 g/mol. The topological polar surface area (TPSA) is 82.8 Å². The van der Waals surface area contributed by atoms with Crippen LogP contribution < -0.4 is 5.73 Å². The van der Waals surface area contributed by atoms with Gasteiger partial charge in [-0.05, 0) is 30.2 Å². The summed E-state index contributed by atoms with van der Waals surface area (Å²) in [6.45, 7) is 6.70. The van der Waals surface area contributed by atoms with Gasteiger partial charge in [-0.25, -0.2) is 0 Å². The van der Waals surface area contributed by atoms with Crippen molar-refractivity contribution in [3.63, 3.8) is 0 Å². The number of hydrogen-bond acceptors (Lipinski definition) is 5. The van der Waals surface area contributed by atoms with E-state index in [0.29, 0.717) is 17.6 Å². The van der Waals surface area contributed by atoms with Crippen LogP contribution >= 0.6 is 0 Å². The molecule has 0 aliphatic heterocycles. The summed E-state index contributed by atoms with van der Waals surface area (Å²) >= 11 is 0. The minimum absolute atomic E-state index is 0.0472. The Labute approximate surface area is 124 Å². The number of aryl methyl sites for hydroxylation is 1. The lowest BCUT2D eigenvalue weighted by atomic mass is 9.61. The first-order valence-corrected chi connectivity index (χ1v) is 7.49. The van der Waals surface area contributed by atoms with Crippen LogP contribution in [0.25, 0.3) is 11.5 Å². The van der Waals surface area contributed by atoms with E-state index in [0.717, 1.165) is 18.5 Å². The van der Waals surface area contributed by atoms with Gasteiger partial charge in [-0.3, -0.25) is 4.68 Å². The summed E-state index contributed by atoms with van der Waals surface area (Å²) in [5.74, 6) is 1.93. The highest BCUT2D eigenvalue weighted by Gasteiger charge is 2.44. The van der Waals surface area contributed by atoms with Gasteiger partial charge in [0.25, 0.3) is 0 Å². The molecule has 2 heterocycles. The second-order valence-corrected chi connectivity index (χ2v) is 6.73. The van der Waals surface area contributed by atoms with Gasteiger partial charge in [0.2, 0.25) is 11.7 Å². The molecule has 2 aromatic heterocycles. The Morgan fingerprint density at radius 3 is 2.81 bits per heavy atom. The largest absolute Gasteiger partial charge is 0.339 e. The SMILES string of the molecule is CC1C(N)CCC(c2nc(-c3ccn(C)n3)no2)C1(C)C. The van der Waals surface area contributed by atoms with E-state index in [9.17, 15) is 0 Å². The van der Waals surface area contributed by atoms with Gasteiger partial charge in [0.15, 0.2) is 0 Å². The Kier molecular flexibility index (Phi) is 3.36. The van der Waals surface area contributed by atoms with Crippen LogP contribution in [0.15, 0.2) is 16.8 Å². The molecule has 3 unspecified atom stereocenters. The average Bonchev–Trinajstić information content (AvgIpc) is 3.05. The predicted octanol–water partition coefficient (Wildman–Crippen LogP) is 2.34. The molecular formula is C15H23N5O. The Morgan fingerprint density at radius 1 is 1.38 bits per heavy atom. The zero-order valence-electron chi connectivity index (χ0n) is 13.1. The van der Waals surface area contributed by atoms with Gasteiger partial charge in [-0.2, -0.15) is 10.1 Å². The Hall–Kier alpha value is -1.69. The molecule has 1 aliphatic rings. The van der Waals surface area contributed by atoms with Crippen molar-refractivity contribution < 1.29 is 4.52 Å². The van der Waals surface area contributed by atoms with Crippen molar-refractivity contribution in [2.45, 2.75) is 45.6 Å². The van der Waals surface area contributed by atoms with Crippen LogP contribution in [-0.2, 0) is 7.05 Å². The second kappa shape index (κ2) is 4.94. The summed E-state index contributed by atoms with van der Waals surface area (Å²) in [6, 6.07) is 2.13. The Balaban J connectivity index is 1.89. The van der Waals surface area contributed by atoms with Gasteiger partial charge in [-0.1, -0.05) is 25.9 Å². The molecule has 0 aromatic carbocycles. The summed E-state index contributed by atoms with van der Waals surface area (Å²) in [5, 5.41) is 8.41. The minimum atomic E-state index is 0.0472. The first-order valence-electron chi connectivity index (χ1n) is 7.49. The third kappa shape index (κ3) is 2.37. The van der Waals surface area contributed by atoms with Crippen molar-refractivity contribution in [3.05, 3.63) is 18.2 Å². The van der Waals surface area contributed by atoms with E-state index in [1.54, 1.807) is 4.68 Å². The minimum Gasteiger partial charge on any atom is -0.339 e. The Morgan fingerprint density at radius 2 is 2.14 bits per heavy atom. The maximum absolute atomic E-state index is 6.21. The lowest BCUT2D eigenvalue weighted by molar-refractivity contribution is 0.0806. The maximum Gasteiger partial charge on any atom is 0.230 e. The lowest BCUT2D eigenvalue weighted by Crippen LogP contribution is -2.45. The highest BCUT2D eigenvalue weighted by Crippen LogP contribution is 2.49. The van der Waals surface area contributed by atoms with Crippen molar-refractivity contribution in [2.24, 2.45) is 24.1 Å². The number of nitrogens with zero attached hydrogens (tertiary/aromatic N) is 4. The van der Waals surface area contributed by atoms with E-state index in [-0.39, 0.29) is 17.4 Å². The fourth-order valence-corrected chi connectivity index (χ4v) is 3.31. The van der Waals surface area contributed by atoms with Crippen LogP contribution in [0.3, 0.4) is 0 Å². The first-order chi connectivity index (χ1) is 9.89. The Bertz CT molecular complexity index is 630. The van der Waals surface area contributed by atoms with Crippen molar-refractivity contribution >= 4 is 0 Å². The normalized spacial score (nSPS) is 28.7. The third-order valence-corrected chi connectivity index (χ3v) is 5.19. The number of nitrogens with two attached hydrogens (primary N) is 1. The van der Waals surface area contributed by atoms with Crippen LogP contribution in [0, 0.1) is 11.3 Å². The molecule has 0 amide bonds. The molecule has 0 radical (unpaired) electrons. The molecule has 2 aromatic rings. The summed E-state index contributed by atoms with van der Waals surface area (Å²) < 4.78 is 7.27. The van der Waals surface area contributed by atoms with Gasteiger partial charge >= 0.3 is 0 Å². The molecule has 1 saturated carbocycles. The van der Waals surface area contributed by atoms with Gasteiger partial charge in [0, 0.05) is 25.2 Å². The summed E-state index contributed by atoms with van der Waals surface area (Å²) in [7, 11) is 1.87. The molecule has 3 rings (SSSR count). The van der Waals surface area contributed by atoms with Crippen LogP contribution in [0.5, 0.6) is 0 Å². The number of aromatic nitrogens is 4. The first kappa shape index (κ1) is 14.3. The monoisotopic (exact) mass is 289 g/mol. The van der Waals surface area contributed by atoms with Gasteiger partial charge < -0.3 is 10.3 Å². The summed E-state index contributed by atoms with van der Waals surface area (Å²) in [6.07, 6.45) is 3.86. The van der Waals surface area contributed by atoms with E-state index < -0.39 is 0 Å². The molecule has 6 heteroatoms. The lowest BCUT2D eigenvalue weighted by Gasteiger charge is -2.45. The second-order valence-electron chi connectivity index (χ2n) is 6.73. The molecule has 0 saturated heterocycles. The summed E-state index contributed by atoms with van der Waals surface area (Å²) in [5.41, 5.74) is 7.00. The molecule has 0 spiro atoms. The molecule has 0 bridgehead atoms. The fraction of sp³-hybridized carbons (Fsp3) is 0.667. The van der Waals surface area contributed by atoms with Crippen molar-refractivity contribution in [1.82, 2.24) is 19.9 Å². The summed E-state index contributed by atoms with van der Waals surface area (Å²) in [4.78, 5) is 4.58. The molecule has 21 heavy (non-hydrogen) atoms. The van der Waals surface area contributed by atoms with Gasteiger partial charge in [0.1, 0.15) is 5.69 Å². The van der Waals surface area contributed by atoms with E-state index in [4.69, 9.17) is 10.3 Å². The molecule has 1 fully saturated rings. The fourth-order valence-electron chi connectivity index (χ4n) is 3.31. The van der Waals surface area contributed by atoms with Crippen molar-refractivity contribution in [2.75, 3.05) is 0 Å². The predicted molar refractivity (Wildman–Crippen MR) is 79.4 cm³/mol. The smallest absolute Gasteiger partial charge is 0.230 e. The standard InChI is InChI=1S/C15H23N5O/c1-9-11(16)6-5-10(15(9,2)3)14-17-13(19-21-14)12-7-8-20(4)18-12/h7-11H,5-6,16H2,1-4H3. The van der Waals surface area contributed by atoms with Crippen LogP contribution in [0.1, 0.15) is 45.4 Å². The number of hydrogen-bond donors (Lipinski definition) is 1. The molecule has 6 nitrogen and oxygen atoms in total. The highest BCUT2D eigenvalue weighted by molar-refractivity contribution is 5.46. The van der Waals surface area contributed by atoms with Gasteiger partial charge in [-0.15, -0.1) is 0 Å². The van der Waals surface area contributed by atoms with E-state index in [2.05, 4.69) is 36.0 Å². The van der Waals surface area contributed by atoms with Crippen LogP contribution in [0.2, 0.25) is 0 Å².